The standard InChI is InChI=1S/C17H14O6/c1-20-10-6-11-14(8-4-5-21-17(8)22-11)15-13(10)7-2-3-9(18)12(7)16(19)23-15/h4-6,8-9,17-18H,2-3H2,1H3/t8-,9+,17+/m0/s1. The molecule has 2 aromatic rings. The summed E-state index contributed by atoms with van der Waals surface area (Å²) in [5.41, 5.74) is 1.96. The molecule has 118 valence electrons. The molecule has 2 aliphatic heterocycles. The number of benzene rings is 1. The summed E-state index contributed by atoms with van der Waals surface area (Å²) < 4.78 is 22.3. The third-order valence-corrected chi connectivity index (χ3v) is 4.88. The fourth-order valence-corrected chi connectivity index (χ4v) is 3.86. The maximum Gasteiger partial charge on any atom is 0.342 e. The number of ether oxygens (including phenoxy) is 3. The Balaban J connectivity index is 1.92. The molecule has 0 radical (unpaired) electrons. The van der Waals surface area contributed by atoms with Gasteiger partial charge < -0.3 is 23.7 Å². The van der Waals surface area contributed by atoms with Crippen molar-refractivity contribution in [3.8, 4) is 11.5 Å². The van der Waals surface area contributed by atoms with Crippen LogP contribution in [0.15, 0.2) is 27.6 Å². The summed E-state index contributed by atoms with van der Waals surface area (Å²) in [5.74, 6) is 1.08. The van der Waals surface area contributed by atoms with E-state index in [2.05, 4.69) is 0 Å². The number of methoxy groups -OCH3 is 1. The predicted octanol–water partition coefficient (Wildman–Crippen LogP) is 2.13. The van der Waals surface area contributed by atoms with Gasteiger partial charge in [-0.3, -0.25) is 0 Å². The Morgan fingerprint density at radius 3 is 3.04 bits per heavy atom. The Kier molecular flexibility index (Phi) is 2.43. The molecule has 0 unspecified atom stereocenters. The van der Waals surface area contributed by atoms with Crippen LogP contribution in [0.5, 0.6) is 11.5 Å². The second kappa shape index (κ2) is 4.29. The van der Waals surface area contributed by atoms with Crippen LogP contribution in [0.3, 0.4) is 0 Å². The molecule has 0 bridgehead atoms. The molecule has 6 nitrogen and oxygen atoms in total. The second-order valence-corrected chi connectivity index (χ2v) is 6.01. The Morgan fingerprint density at radius 1 is 1.35 bits per heavy atom. The fraction of sp³-hybridized carbons (Fsp3) is 0.353. The summed E-state index contributed by atoms with van der Waals surface area (Å²) in [4.78, 5) is 12.4. The van der Waals surface area contributed by atoms with Gasteiger partial charge in [0.15, 0.2) is 0 Å². The number of hydrogen-bond donors (Lipinski definition) is 1. The van der Waals surface area contributed by atoms with E-state index in [1.54, 1.807) is 19.4 Å². The zero-order valence-electron chi connectivity index (χ0n) is 12.4. The summed E-state index contributed by atoms with van der Waals surface area (Å²) in [6, 6.07) is 1.80. The fourth-order valence-electron chi connectivity index (χ4n) is 3.86. The molecular formula is C17H14O6. The van der Waals surface area contributed by atoms with Gasteiger partial charge in [-0.05, 0) is 24.5 Å². The monoisotopic (exact) mass is 314 g/mol. The van der Waals surface area contributed by atoms with Gasteiger partial charge in [-0.15, -0.1) is 0 Å². The summed E-state index contributed by atoms with van der Waals surface area (Å²) in [7, 11) is 1.57. The topological polar surface area (TPSA) is 78.1 Å². The van der Waals surface area contributed by atoms with Crippen molar-refractivity contribution in [2.75, 3.05) is 7.11 Å². The molecule has 1 N–H and O–H groups in total. The van der Waals surface area contributed by atoms with Crippen molar-refractivity contribution in [3.63, 3.8) is 0 Å². The molecule has 0 amide bonds. The van der Waals surface area contributed by atoms with Gasteiger partial charge in [0.25, 0.3) is 6.29 Å². The van der Waals surface area contributed by atoms with E-state index in [9.17, 15) is 9.90 Å². The van der Waals surface area contributed by atoms with E-state index in [1.807, 2.05) is 6.08 Å². The lowest BCUT2D eigenvalue weighted by Crippen LogP contribution is -2.14. The zero-order valence-corrected chi connectivity index (χ0v) is 12.4. The highest BCUT2D eigenvalue weighted by molar-refractivity contribution is 5.93. The molecule has 6 heteroatoms. The van der Waals surface area contributed by atoms with Crippen LogP contribution in [0.4, 0.5) is 0 Å². The first-order valence-electron chi connectivity index (χ1n) is 7.56. The zero-order chi connectivity index (χ0) is 15.7. The van der Waals surface area contributed by atoms with E-state index < -0.39 is 18.0 Å². The van der Waals surface area contributed by atoms with Crippen molar-refractivity contribution in [1.29, 1.82) is 0 Å². The van der Waals surface area contributed by atoms with Crippen molar-refractivity contribution in [3.05, 3.63) is 45.5 Å². The van der Waals surface area contributed by atoms with E-state index in [0.29, 0.717) is 35.5 Å². The average molecular weight is 314 g/mol. The van der Waals surface area contributed by atoms with E-state index in [4.69, 9.17) is 18.6 Å². The summed E-state index contributed by atoms with van der Waals surface area (Å²) in [6.45, 7) is 0. The number of aryl methyl sites for hydroxylation is 1. The molecule has 23 heavy (non-hydrogen) atoms. The minimum absolute atomic E-state index is 0.106. The molecule has 0 saturated carbocycles. The van der Waals surface area contributed by atoms with Crippen LogP contribution in [0, 0.1) is 0 Å². The number of aliphatic hydroxyl groups is 1. The van der Waals surface area contributed by atoms with Crippen LogP contribution in [-0.4, -0.2) is 18.5 Å². The first kappa shape index (κ1) is 13.0. The van der Waals surface area contributed by atoms with Crippen molar-refractivity contribution < 1.29 is 23.7 Å². The van der Waals surface area contributed by atoms with Gasteiger partial charge >= 0.3 is 5.63 Å². The van der Waals surface area contributed by atoms with E-state index >= 15 is 0 Å². The number of hydrogen-bond acceptors (Lipinski definition) is 6. The SMILES string of the molecule is COc1cc2c(c3oc(=O)c4c(c13)CC[C@H]4O)[C@@H]1C=CO[C@@H]1O2. The molecular weight excluding hydrogens is 300 g/mol. The van der Waals surface area contributed by atoms with Crippen LogP contribution in [-0.2, 0) is 11.2 Å². The van der Waals surface area contributed by atoms with E-state index in [-0.39, 0.29) is 5.92 Å². The second-order valence-electron chi connectivity index (χ2n) is 6.01. The summed E-state index contributed by atoms with van der Waals surface area (Å²) in [6.07, 6.45) is 3.43. The molecule has 1 aliphatic carbocycles. The molecule has 3 atom stereocenters. The Labute approximate surface area is 130 Å². The highest BCUT2D eigenvalue weighted by Crippen LogP contribution is 2.50. The van der Waals surface area contributed by atoms with Crippen LogP contribution >= 0.6 is 0 Å². The highest BCUT2D eigenvalue weighted by atomic mass is 16.7. The molecule has 1 aromatic carbocycles. The number of fused-ring (bicyclic) bond motifs is 7. The smallest absolute Gasteiger partial charge is 0.342 e. The molecule has 0 saturated heterocycles. The maximum absolute atomic E-state index is 12.4. The number of aliphatic hydroxyl groups excluding tert-OH is 1. The van der Waals surface area contributed by atoms with Crippen LogP contribution < -0.4 is 15.1 Å². The molecule has 0 spiro atoms. The normalized spacial score (nSPS) is 26.6. The Bertz CT molecular complexity index is 925. The highest BCUT2D eigenvalue weighted by Gasteiger charge is 2.41. The molecule has 0 fully saturated rings. The quantitative estimate of drug-likeness (QED) is 0.812. The van der Waals surface area contributed by atoms with Crippen molar-refractivity contribution in [1.82, 2.24) is 0 Å². The first-order chi connectivity index (χ1) is 11.2. The van der Waals surface area contributed by atoms with Crippen molar-refractivity contribution in [2.24, 2.45) is 0 Å². The maximum atomic E-state index is 12.4. The van der Waals surface area contributed by atoms with Crippen LogP contribution in [0.25, 0.3) is 11.0 Å². The summed E-state index contributed by atoms with van der Waals surface area (Å²) >= 11 is 0. The lowest BCUT2D eigenvalue weighted by molar-refractivity contribution is -0.00485. The molecule has 3 aliphatic rings. The van der Waals surface area contributed by atoms with E-state index in [1.165, 1.54) is 0 Å². The van der Waals surface area contributed by atoms with E-state index in [0.717, 1.165) is 16.5 Å². The molecule has 1 aromatic heterocycles. The summed E-state index contributed by atoms with van der Waals surface area (Å²) in [5, 5.41) is 10.8. The lowest BCUT2D eigenvalue weighted by atomic mass is 9.95. The Morgan fingerprint density at radius 2 is 2.22 bits per heavy atom. The van der Waals surface area contributed by atoms with Crippen LogP contribution in [0.2, 0.25) is 0 Å². The van der Waals surface area contributed by atoms with Gasteiger partial charge in [0, 0.05) is 6.07 Å². The predicted molar refractivity (Wildman–Crippen MR) is 79.7 cm³/mol. The van der Waals surface area contributed by atoms with Gasteiger partial charge in [-0.25, -0.2) is 4.79 Å². The largest absolute Gasteiger partial charge is 0.496 e. The Hall–Kier alpha value is -2.47. The van der Waals surface area contributed by atoms with Gasteiger partial charge in [0.1, 0.15) is 17.1 Å². The van der Waals surface area contributed by atoms with Crippen molar-refractivity contribution >= 4 is 11.0 Å². The third-order valence-electron chi connectivity index (χ3n) is 4.88. The third kappa shape index (κ3) is 1.53. The van der Waals surface area contributed by atoms with Gasteiger partial charge in [0.05, 0.1) is 41.9 Å². The minimum Gasteiger partial charge on any atom is -0.496 e. The van der Waals surface area contributed by atoms with Gasteiger partial charge in [-0.2, -0.15) is 0 Å². The van der Waals surface area contributed by atoms with Crippen LogP contribution in [0.1, 0.15) is 35.1 Å². The lowest BCUT2D eigenvalue weighted by Gasteiger charge is -2.13. The van der Waals surface area contributed by atoms with Gasteiger partial charge in [-0.1, -0.05) is 0 Å². The number of rotatable bonds is 1. The van der Waals surface area contributed by atoms with Gasteiger partial charge in [0.2, 0.25) is 0 Å². The molecule has 5 rings (SSSR count). The van der Waals surface area contributed by atoms with Crippen molar-refractivity contribution in [2.45, 2.75) is 31.2 Å². The average Bonchev–Trinajstić information content (AvgIpc) is 3.20. The first-order valence-corrected chi connectivity index (χ1v) is 7.56. The minimum atomic E-state index is -0.776. The molecule has 3 heterocycles.